The van der Waals surface area contributed by atoms with Gasteiger partial charge in [0.2, 0.25) is 5.91 Å². The number of halogens is 3. The van der Waals surface area contributed by atoms with E-state index in [2.05, 4.69) is 10.6 Å². The highest BCUT2D eigenvalue weighted by Gasteiger charge is 2.32. The van der Waals surface area contributed by atoms with E-state index in [1.165, 1.54) is 12.1 Å². The topological polar surface area (TPSA) is 64.7 Å². The molecule has 2 aromatic rings. The summed E-state index contributed by atoms with van der Waals surface area (Å²) < 4.78 is 39.1. The smallest absolute Gasteiger partial charge is 0.338 e. The molecule has 1 heterocycles. The van der Waals surface area contributed by atoms with Gasteiger partial charge < -0.3 is 15.5 Å². The van der Waals surface area contributed by atoms with E-state index < -0.39 is 11.7 Å². The molecule has 0 saturated carbocycles. The molecule has 0 aliphatic carbocycles. The molecule has 1 fully saturated rings. The quantitative estimate of drug-likeness (QED) is 0.734. The van der Waals surface area contributed by atoms with Crippen LogP contribution in [0, 0.1) is 0 Å². The zero-order chi connectivity index (χ0) is 22.3. The van der Waals surface area contributed by atoms with Crippen LogP contribution in [0.2, 0.25) is 0 Å². The number of anilines is 1. The number of hydrogen-bond acceptors (Lipinski definition) is 3. The minimum absolute atomic E-state index is 0.0983. The highest BCUT2D eigenvalue weighted by molar-refractivity contribution is 5.92. The van der Waals surface area contributed by atoms with Gasteiger partial charge in [0.1, 0.15) is 0 Å². The molecule has 31 heavy (non-hydrogen) atoms. The standard InChI is InChI=1S/C22H25F3N4O2/c23-22(24,25)19-9-5-4-6-17(19)10-11-26-21(31)29-14-12-28(13-15-29)16-20(30)27-18-7-2-1-3-8-18/h1-9H,10-16H2,(H,26,31)(H,27,30). The van der Waals surface area contributed by atoms with E-state index in [0.29, 0.717) is 26.2 Å². The number of carbonyl (C=O) groups is 2. The van der Waals surface area contributed by atoms with Crippen molar-refractivity contribution in [1.29, 1.82) is 0 Å². The SMILES string of the molecule is O=C(CN1CCN(C(=O)NCCc2ccccc2C(F)(F)F)CC1)Nc1ccccc1. The number of benzene rings is 2. The normalized spacial score (nSPS) is 14.9. The highest BCUT2D eigenvalue weighted by Crippen LogP contribution is 2.31. The van der Waals surface area contributed by atoms with E-state index >= 15 is 0 Å². The number of carbonyl (C=O) groups excluding carboxylic acids is 2. The molecule has 1 aliphatic rings. The molecular weight excluding hydrogens is 409 g/mol. The fourth-order valence-electron chi connectivity index (χ4n) is 3.46. The molecule has 0 bridgehead atoms. The lowest BCUT2D eigenvalue weighted by atomic mass is 10.0. The maximum atomic E-state index is 13.0. The van der Waals surface area contributed by atoms with Gasteiger partial charge in [-0.25, -0.2) is 4.79 Å². The molecule has 6 nitrogen and oxygen atoms in total. The van der Waals surface area contributed by atoms with Crippen LogP contribution in [0.5, 0.6) is 0 Å². The Labute approximate surface area is 179 Å². The predicted octanol–water partition coefficient (Wildman–Crippen LogP) is 3.21. The van der Waals surface area contributed by atoms with Crippen molar-refractivity contribution in [2.45, 2.75) is 12.6 Å². The third kappa shape index (κ3) is 6.71. The Kier molecular flexibility index (Phi) is 7.51. The first-order chi connectivity index (χ1) is 14.8. The summed E-state index contributed by atoms with van der Waals surface area (Å²) in [5.74, 6) is -0.118. The number of para-hydroxylation sites is 1. The Morgan fingerprint density at radius 2 is 1.55 bits per heavy atom. The number of rotatable bonds is 6. The molecule has 0 aromatic heterocycles. The van der Waals surface area contributed by atoms with E-state index in [1.807, 2.05) is 35.2 Å². The molecule has 0 radical (unpaired) electrons. The second kappa shape index (κ2) is 10.3. The number of urea groups is 1. The lowest BCUT2D eigenvalue weighted by Crippen LogP contribution is -2.53. The van der Waals surface area contributed by atoms with Crippen LogP contribution in [0.4, 0.5) is 23.7 Å². The fourth-order valence-corrected chi connectivity index (χ4v) is 3.46. The van der Waals surface area contributed by atoms with Crippen LogP contribution in [-0.2, 0) is 17.4 Å². The van der Waals surface area contributed by atoms with Gasteiger partial charge in [-0.05, 0) is 30.2 Å². The van der Waals surface area contributed by atoms with Crippen LogP contribution in [0.25, 0.3) is 0 Å². The van der Waals surface area contributed by atoms with Gasteiger partial charge in [0.15, 0.2) is 0 Å². The maximum absolute atomic E-state index is 13.0. The summed E-state index contributed by atoms with van der Waals surface area (Å²) in [5.41, 5.74) is 0.216. The van der Waals surface area contributed by atoms with Gasteiger partial charge in [-0.1, -0.05) is 36.4 Å². The van der Waals surface area contributed by atoms with Gasteiger partial charge in [-0.15, -0.1) is 0 Å². The molecule has 1 aliphatic heterocycles. The van der Waals surface area contributed by atoms with E-state index in [4.69, 9.17) is 0 Å². The Bertz CT molecular complexity index is 882. The number of alkyl halides is 3. The van der Waals surface area contributed by atoms with Crippen molar-refractivity contribution < 1.29 is 22.8 Å². The summed E-state index contributed by atoms with van der Waals surface area (Å²) in [5, 5.41) is 5.52. The molecule has 0 spiro atoms. The number of nitrogens with zero attached hydrogens (tertiary/aromatic N) is 2. The predicted molar refractivity (Wildman–Crippen MR) is 112 cm³/mol. The zero-order valence-corrected chi connectivity index (χ0v) is 17.0. The van der Waals surface area contributed by atoms with Crippen molar-refractivity contribution in [2.75, 3.05) is 44.6 Å². The van der Waals surface area contributed by atoms with Gasteiger partial charge >= 0.3 is 12.2 Å². The molecule has 2 aromatic carbocycles. The average Bonchev–Trinajstić information content (AvgIpc) is 2.74. The average molecular weight is 434 g/mol. The highest BCUT2D eigenvalue weighted by atomic mass is 19.4. The molecule has 0 unspecified atom stereocenters. The van der Waals surface area contributed by atoms with Crippen molar-refractivity contribution in [3.8, 4) is 0 Å². The molecule has 2 N–H and O–H groups in total. The largest absolute Gasteiger partial charge is 0.416 e. The molecular formula is C22H25F3N4O2. The first kappa shape index (κ1) is 22.6. The van der Waals surface area contributed by atoms with Crippen molar-refractivity contribution in [3.05, 3.63) is 65.7 Å². The summed E-state index contributed by atoms with van der Waals surface area (Å²) >= 11 is 0. The second-order valence-electron chi connectivity index (χ2n) is 7.31. The van der Waals surface area contributed by atoms with Gasteiger partial charge in [-0.2, -0.15) is 13.2 Å². The van der Waals surface area contributed by atoms with Crippen LogP contribution in [0.3, 0.4) is 0 Å². The summed E-state index contributed by atoms with van der Waals surface area (Å²) in [6, 6.07) is 14.2. The van der Waals surface area contributed by atoms with E-state index in [0.717, 1.165) is 11.8 Å². The lowest BCUT2D eigenvalue weighted by molar-refractivity contribution is -0.138. The van der Waals surface area contributed by atoms with Gasteiger partial charge in [0.25, 0.3) is 0 Å². The van der Waals surface area contributed by atoms with E-state index in [9.17, 15) is 22.8 Å². The number of nitrogens with one attached hydrogen (secondary N) is 2. The summed E-state index contributed by atoms with van der Waals surface area (Å²) in [6.45, 7) is 2.34. The lowest BCUT2D eigenvalue weighted by Gasteiger charge is -2.34. The van der Waals surface area contributed by atoms with Crippen LogP contribution >= 0.6 is 0 Å². The Balaban J connectivity index is 1.39. The Morgan fingerprint density at radius 1 is 0.903 bits per heavy atom. The van der Waals surface area contributed by atoms with E-state index in [1.54, 1.807) is 11.0 Å². The Morgan fingerprint density at radius 3 is 2.23 bits per heavy atom. The molecule has 3 rings (SSSR count). The van der Waals surface area contributed by atoms with Gasteiger partial charge in [0, 0.05) is 38.4 Å². The number of piperazine rings is 1. The second-order valence-corrected chi connectivity index (χ2v) is 7.31. The number of amides is 3. The molecule has 9 heteroatoms. The van der Waals surface area contributed by atoms with Crippen LogP contribution in [0.1, 0.15) is 11.1 Å². The number of hydrogen-bond donors (Lipinski definition) is 2. The molecule has 166 valence electrons. The molecule has 0 atom stereocenters. The minimum Gasteiger partial charge on any atom is -0.338 e. The minimum atomic E-state index is -4.41. The zero-order valence-electron chi connectivity index (χ0n) is 17.0. The Hall–Kier alpha value is -3.07. The van der Waals surface area contributed by atoms with Crippen molar-refractivity contribution in [3.63, 3.8) is 0 Å². The van der Waals surface area contributed by atoms with Crippen molar-refractivity contribution in [1.82, 2.24) is 15.1 Å². The maximum Gasteiger partial charge on any atom is 0.416 e. The van der Waals surface area contributed by atoms with Crippen molar-refractivity contribution in [2.24, 2.45) is 0 Å². The fraction of sp³-hybridized carbons (Fsp3) is 0.364. The summed E-state index contributed by atoms with van der Waals surface area (Å²) in [6.07, 6.45) is -4.31. The van der Waals surface area contributed by atoms with Crippen LogP contribution < -0.4 is 10.6 Å². The third-order valence-electron chi connectivity index (χ3n) is 5.08. The monoisotopic (exact) mass is 434 g/mol. The first-order valence-corrected chi connectivity index (χ1v) is 10.1. The first-order valence-electron chi connectivity index (χ1n) is 10.1. The van der Waals surface area contributed by atoms with E-state index in [-0.39, 0.29) is 37.0 Å². The van der Waals surface area contributed by atoms with Gasteiger partial charge in [-0.3, -0.25) is 9.69 Å². The third-order valence-corrected chi connectivity index (χ3v) is 5.08. The van der Waals surface area contributed by atoms with Crippen LogP contribution in [0.15, 0.2) is 54.6 Å². The van der Waals surface area contributed by atoms with Crippen molar-refractivity contribution >= 4 is 17.6 Å². The summed E-state index contributed by atoms with van der Waals surface area (Å²) in [4.78, 5) is 28.1. The summed E-state index contributed by atoms with van der Waals surface area (Å²) in [7, 11) is 0. The molecule has 3 amide bonds. The van der Waals surface area contributed by atoms with Gasteiger partial charge in [0.05, 0.1) is 12.1 Å². The molecule has 1 saturated heterocycles. The van der Waals surface area contributed by atoms with Crippen LogP contribution in [-0.4, -0.2) is 61.0 Å².